The van der Waals surface area contributed by atoms with Crippen molar-refractivity contribution in [2.24, 2.45) is 5.16 Å². The highest BCUT2D eigenvalue weighted by atomic mass is 16.6. The van der Waals surface area contributed by atoms with E-state index >= 15 is 0 Å². The Balaban J connectivity index is 3.29. The van der Waals surface area contributed by atoms with Gasteiger partial charge in [0.05, 0.1) is 5.71 Å². The fourth-order valence-electron chi connectivity index (χ4n) is 0.194. The molecule has 0 spiro atoms. The summed E-state index contributed by atoms with van der Waals surface area (Å²) in [5.41, 5.74) is 0.780. The van der Waals surface area contributed by atoms with Crippen LogP contribution >= 0.6 is 0 Å². The zero-order valence-electron chi connectivity index (χ0n) is 4.77. The average Bonchev–Trinajstić information content (AvgIpc) is 1.68. The lowest BCUT2D eigenvalue weighted by molar-refractivity contribution is 0.213. The van der Waals surface area contributed by atoms with E-state index < -0.39 is 0 Å². The van der Waals surface area contributed by atoms with Gasteiger partial charge in [-0.05, 0) is 13.3 Å². The molecule has 0 aliphatic carbocycles. The molecule has 41 valence electrons. The zero-order chi connectivity index (χ0) is 5.70. The predicted octanol–water partition coefficient (Wildman–Crippen LogP) is 1.23. The summed E-state index contributed by atoms with van der Waals surface area (Å²) in [5, 5.41) is 3.55. The van der Waals surface area contributed by atoms with Crippen LogP contribution in [0.4, 0.5) is 0 Å². The molecule has 0 aromatic carbocycles. The third-order valence-corrected chi connectivity index (χ3v) is 0.629. The Bertz CT molecular complexity index is 68.5. The molecule has 1 radical (unpaired) electrons. The van der Waals surface area contributed by atoms with Crippen LogP contribution < -0.4 is 0 Å². The Morgan fingerprint density at radius 2 is 2.43 bits per heavy atom. The molecule has 2 nitrogen and oxygen atoms in total. The summed E-state index contributed by atoms with van der Waals surface area (Å²) < 4.78 is 0. The van der Waals surface area contributed by atoms with Crippen molar-refractivity contribution < 1.29 is 4.84 Å². The Labute approximate surface area is 44.2 Å². The lowest BCUT2D eigenvalue weighted by Crippen LogP contribution is -1.86. The number of hydrogen-bond donors (Lipinski definition) is 0. The van der Waals surface area contributed by atoms with E-state index in [0.29, 0.717) is 0 Å². The van der Waals surface area contributed by atoms with Gasteiger partial charge in [-0.25, -0.2) is 0 Å². The maximum absolute atomic E-state index is 4.42. The molecular formula is C5H10NO. The van der Waals surface area contributed by atoms with Crippen LogP contribution in [0.25, 0.3) is 0 Å². The normalized spacial score (nSPS) is 11.6. The van der Waals surface area contributed by atoms with Crippen LogP contribution in [-0.4, -0.2) is 12.8 Å². The molecule has 0 aliphatic heterocycles. The Kier molecular flexibility index (Phi) is 3.38. The lowest BCUT2D eigenvalue weighted by Gasteiger charge is -1.88. The summed E-state index contributed by atoms with van der Waals surface area (Å²) in [6.45, 7) is 5.55. The molecule has 0 fully saturated rings. The van der Waals surface area contributed by atoms with E-state index in [1.807, 2.05) is 6.92 Å². The third-order valence-electron chi connectivity index (χ3n) is 0.629. The number of rotatable bonds is 2. The summed E-state index contributed by atoms with van der Waals surface area (Å²) >= 11 is 0. The van der Waals surface area contributed by atoms with Gasteiger partial charge in [-0.1, -0.05) is 12.1 Å². The SMILES string of the molecule is [CH2]/C(CC)=N/OC. The van der Waals surface area contributed by atoms with Crippen molar-refractivity contribution >= 4 is 5.71 Å². The van der Waals surface area contributed by atoms with Crippen LogP contribution in [0.1, 0.15) is 13.3 Å². The molecule has 0 unspecified atom stereocenters. The molecule has 7 heavy (non-hydrogen) atoms. The topological polar surface area (TPSA) is 21.6 Å². The second kappa shape index (κ2) is 3.65. The first-order chi connectivity index (χ1) is 3.31. The van der Waals surface area contributed by atoms with Gasteiger partial charge in [0.15, 0.2) is 0 Å². The second-order valence-corrected chi connectivity index (χ2v) is 1.19. The minimum atomic E-state index is 0.780. The zero-order valence-corrected chi connectivity index (χ0v) is 4.77. The minimum absolute atomic E-state index is 0.780. The van der Waals surface area contributed by atoms with Gasteiger partial charge in [0.25, 0.3) is 0 Å². The van der Waals surface area contributed by atoms with E-state index in [4.69, 9.17) is 0 Å². The van der Waals surface area contributed by atoms with Crippen LogP contribution in [0.15, 0.2) is 5.16 Å². The highest BCUT2D eigenvalue weighted by Gasteiger charge is 1.80. The molecule has 0 bridgehead atoms. The summed E-state index contributed by atoms with van der Waals surface area (Å²) in [7, 11) is 1.51. The standard InChI is InChI=1S/C5H10NO/c1-4-5(2)6-7-3/h2,4H2,1,3H3/b6-5-. The average molecular weight is 100 g/mol. The smallest absolute Gasteiger partial charge is 0.106 e. The van der Waals surface area contributed by atoms with Crippen molar-refractivity contribution in [1.82, 2.24) is 0 Å². The number of hydrogen-bond acceptors (Lipinski definition) is 2. The first kappa shape index (κ1) is 6.47. The van der Waals surface area contributed by atoms with Crippen molar-refractivity contribution in [3.63, 3.8) is 0 Å². The van der Waals surface area contributed by atoms with Gasteiger partial charge >= 0.3 is 0 Å². The van der Waals surface area contributed by atoms with Gasteiger partial charge in [0.1, 0.15) is 7.11 Å². The van der Waals surface area contributed by atoms with Crippen LogP contribution in [0.5, 0.6) is 0 Å². The van der Waals surface area contributed by atoms with E-state index in [-0.39, 0.29) is 0 Å². The molecule has 2 heteroatoms. The molecular weight excluding hydrogens is 90.1 g/mol. The van der Waals surface area contributed by atoms with Gasteiger partial charge in [-0.2, -0.15) is 0 Å². The summed E-state index contributed by atoms with van der Waals surface area (Å²) in [5.74, 6) is 0. The molecule has 0 atom stereocenters. The molecule has 0 aromatic rings. The van der Waals surface area contributed by atoms with Crippen molar-refractivity contribution in [2.75, 3.05) is 7.11 Å². The summed E-state index contributed by atoms with van der Waals surface area (Å²) in [6, 6.07) is 0. The number of oxime groups is 1. The molecule has 0 saturated carbocycles. The van der Waals surface area contributed by atoms with Gasteiger partial charge in [-0.3, -0.25) is 0 Å². The van der Waals surface area contributed by atoms with Crippen LogP contribution in [0.2, 0.25) is 0 Å². The highest BCUT2D eigenvalue weighted by molar-refractivity contribution is 5.87. The molecule has 0 aromatic heterocycles. The number of nitrogens with zero attached hydrogens (tertiary/aromatic N) is 1. The minimum Gasteiger partial charge on any atom is -0.399 e. The first-order valence-electron chi connectivity index (χ1n) is 2.23. The lowest BCUT2D eigenvalue weighted by atomic mass is 10.3. The molecule has 0 saturated heterocycles. The van der Waals surface area contributed by atoms with E-state index in [1.165, 1.54) is 7.11 Å². The molecule has 0 heterocycles. The first-order valence-corrected chi connectivity index (χ1v) is 2.23. The summed E-state index contributed by atoms with van der Waals surface area (Å²) in [4.78, 5) is 4.42. The monoisotopic (exact) mass is 100 g/mol. The van der Waals surface area contributed by atoms with Crippen LogP contribution in [0.3, 0.4) is 0 Å². The molecule has 0 N–H and O–H groups in total. The van der Waals surface area contributed by atoms with Gasteiger partial charge in [-0.15, -0.1) is 0 Å². The van der Waals surface area contributed by atoms with Gasteiger partial charge in [0, 0.05) is 0 Å². The van der Waals surface area contributed by atoms with Crippen LogP contribution in [-0.2, 0) is 4.84 Å². The largest absolute Gasteiger partial charge is 0.399 e. The fourth-order valence-corrected chi connectivity index (χ4v) is 0.194. The van der Waals surface area contributed by atoms with Crippen molar-refractivity contribution in [1.29, 1.82) is 0 Å². The Morgan fingerprint density at radius 1 is 1.86 bits per heavy atom. The fraction of sp³-hybridized carbons (Fsp3) is 0.600. The Hall–Kier alpha value is -0.530. The van der Waals surface area contributed by atoms with Gasteiger partial charge in [0.2, 0.25) is 0 Å². The summed E-state index contributed by atoms with van der Waals surface area (Å²) in [6.07, 6.45) is 0.855. The van der Waals surface area contributed by atoms with Crippen molar-refractivity contribution in [3.05, 3.63) is 6.92 Å². The van der Waals surface area contributed by atoms with Crippen LogP contribution in [0, 0.1) is 6.92 Å². The molecule has 0 rings (SSSR count). The van der Waals surface area contributed by atoms with Gasteiger partial charge < -0.3 is 4.84 Å². The van der Waals surface area contributed by atoms with Crippen molar-refractivity contribution in [2.45, 2.75) is 13.3 Å². The van der Waals surface area contributed by atoms with E-state index in [0.717, 1.165) is 12.1 Å². The maximum atomic E-state index is 4.42. The molecule has 0 aliphatic rings. The van der Waals surface area contributed by atoms with E-state index in [2.05, 4.69) is 16.9 Å². The third kappa shape index (κ3) is 3.30. The van der Waals surface area contributed by atoms with E-state index in [1.54, 1.807) is 0 Å². The quantitative estimate of drug-likeness (QED) is 0.378. The Morgan fingerprint density at radius 3 is 2.57 bits per heavy atom. The van der Waals surface area contributed by atoms with E-state index in [9.17, 15) is 0 Å². The van der Waals surface area contributed by atoms with Crippen molar-refractivity contribution in [3.8, 4) is 0 Å². The highest BCUT2D eigenvalue weighted by Crippen LogP contribution is 1.81. The second-order valence-electron chi connectivity index (χ2n) is 1.19. The molecule has 0 amide bonds. The maximum Gasteiger partial charge on any atom is 0.106 e. The predicted molar refractivity (Wildman–Crippen MR) is 30.1 cm³/mol.